The number of sulfonamides is 1. The van der Waals surface area contributed by atoms with Crippen molar-refractivity contribution in [3.63, 3.8) is 0 Å². The summed E-state index contributed by atoms with van der Waals surface area (Å²) in [6.07, 6.45) is 5.08. The summed E-state index contributed by atoms with van der Waals surface area (Å²) in [6.45, 7) is 3.35. The first kappa shape index (κ1) is 20.5. The van der Waals surface area contributed by atoms with Crippen molar-refractivity contribution in [2.45, 2.75) is 61.7 Å². The average molecular weight is 420 g/mol. The van der Waals surface area contributed by atoms with Gasteiger partial charge in [-0.3, -0.25) is 0 Å². The van der Waals surface area contributed by atoms with E-state index in [1.165, 1.54) is 0 Å². The molecule has 2 fully saturated rings. The predicted molar refractivity (Wildman–Crippen MR) is 108 cm³/mol. The second-order valence-electron chi connectivity index (χ2n) is 8.16. The highest BCUT2D eigenvalue weighted by atomic mass is 32.2. The summed E-state index contributed by atoms with van der Waals surface area (Å²) < 4.78 is 39.5. The van der Waals surface area contributed by atoms with Gasteiger partial charge in [0.05, 0.1) is 4.90 Å². The number of rotatable bonds is 8. The van der Waals surface area contributed by atoms with E-state index in [0.717, 1.165) is 31.2 Å². The van der Waals surface area contributed by atoms with Gasteiger partial charge >= 0.3 is 0 Å². The molecule has 1 aromatic carbocycles. The van der Waals surface area contributed by atoms with Crippen molar-refractivity contribution in [1.29, 1.82) is 0 Å². The molecule has 1 aliphatic carbocycles. The molecule has 0 radical (unpaired) electrons. The fourth-order valence-electron chi connectivity index (χ4n) is 4.22. The monoisotopic (exact) mass is 419 g/mol. The molecule has 1 aliphatic heterocycles. The Morgan fingerprint density at radius 1 is 1.31 bits per heavy atom. The second-order valence-corrected chi connectivity index (χ2v) is 10.1. The molecule has 0 N–H and O–H groups in total. The SMILES string of the molecule is CCc1ccccc1S(=O)(=O)N1CCCC(CCOC)(c2noc(C3CC3)n2)C1. The molecular weight excluding hydrogens is 390 g/mol. The van der Waals surface area contributed by atoms with E-state index in [-0.39, 0.29) is 0 Å². The lowest BCUT2D eigenvalue weighted by molar-refractivity contribution is 0.128. The highest BCUT2D eigenvalue weighted by Gasteiger charge is 2.45. The van der Waals surface area contributed by atoms with Crippen molar-refractivity contribution in [3.8, 4) is 0 Å². The largest absolute Gasteiger partial charge is 0.385 e. The zero-order valence-electron chi connectivity index (χ0n) is 17.1. The third-order valence-electron chi connectivity index (χ3n) is 6.14. The van der Waals surface area contributed by atoms with E-state index in [9.17, 15) is 8.42 Å². The van der Waals surface area contributed by atoms with Crippen LogP contribution in [0.3, 0.4) is 0 Å². The third-order valence-corrected chi connectivity index (χ3v) is 8.09. The van der Waals surface area contributed by atoms with Crippen LogP contribution in [0.5, 0.6) is 0 Å². The van der Waals surface area contributed by atoms with Crippen LogP contribution in [0.15, 0.2) is 33.7 Å². The molecule has 1 unspecified atom stereocenters. The van der Waals surface area contributed by atoms with Gasteiger partial charge in [0, 0.05) is 38.1 Å². The smallest absolute Gasteiger partial charge is 0.243 e. The molecule has 8 heteroatoms. The summed E-state index contributed by atoms with van der Waals surface area (Å²) >= 11 is 0. The van der Waals surface area contributed by atoms with Crippen molar-refractivity contribution < 1.29 is 17.7 Å². The maximum atomic E-state index is 13.5. The number of nitrogens with zero attached hydrogens (tertiary/aromatic N) is 3. The lowest BCUT2D eigenvalue weighted by atomic mass is 9.77. The van der Waals surface area contributed by atoms with Gasteiger partial charge < -0.3 is 9.26 Å². The van der Waals surface area contributed by atoms with Crippen LogP contribution >= 0.6 is 0 Å². The van der Waals surface area contributed by atoms with Crippen molar-refractivity contribution in [3.05, 3.63) is 41.5 Å². The van der Waals surface area contributed by atoms with E-state index in [1.807, 2.05) is 19.1 Å². The first-order chi connectivity index (χ1) is 14.0. The molecule has 0 amide bonds. The zero-order chi connectivity index (χ0) is 20.5. The van der Waals surface area contributed by atoms with Crippen LogP contribution in [0.2, 0.25) is 0 Å². The number of hydrogen-bond acceptors (Lipinski definition) is 6. The Labute approximate surface area is 172 Å². The predicted octanol–water partition coefficient (Wildman–Crippen LogP) is 3.27. The second kappa shape index (κ2) is 8.16. The van der Waals surface area contributed by atoms with Gasteiger partial charge in [0.25, 0.3) is 0 Å². The van der Waals surface area contributed by atoms with Crippen LogP contribution in [0.25, 0.3) is 0 Å². The zero-order valence-corrected chi connectivity index (χ0v) is 18.0. The topological polar surface area (TPSA) is 85.5 Å². The molecule has 4 rings (SSSR count). The molecule has 2 heterocycles. The summed E-state index contributed by atoms with van der Waals surface area (Å²) in [5.74, 6) is 1.68. The molecular formula is C21H29N3O4S. The Morgan fingerprint density at radius 2 is 2.10 bits per heavy atom. The van der Waals surface area contributed by atoms with Crippen LogP contribution in [0.4, 0.5) is 0 Å². The number of ether oxygens (including phenoxy) is 1. The molecule has 158 valence electrons. The number of methoxy groups -OCH3 is 1. The normalized spacial score (nSPS) is 23.4. The highest BCUT2D eigenvalue weighted by molar-refractivity contribution is 7.89. The van der Waals surface area contributed by atoms with Crippen molar-refractivity contribution in [2.24, 2.45) is 0 Å². The Kier molecular flexibility index (Phi) is 5.77. The molecule has 0 spiro atoms. The van der Waals surface area contributed by atoms with Gasteiger partial charge in [-0.05, 0) is 50.2 Å². The minimum Gasteiger partial charge on any atom is -0.385 e. The van der Waals surface area contributed by atoms with E-state index < -0.39 is 15.4 Å². The van der Waals surface area contributed by atoms with Crippen LogP contribution in [0, 0.1) is 0 Å². The number of benzene rings is 1. The third kappa shape index (κ3) is 3.98. The minimum atomic E-state index is -3.60. The maximum absolute atomic E-state index is 13.5. The van der Waals surface area contributed by atoms with Crippen LogP contribution in [-0.2, 0) is 26.6 Å². The van der Waals surface area contributed by atoms with Crippen molar-refractivity contribution in [2.75, 3.05) is 26.8 Å². The molecule has 0 bridgehead atoms. The van der Waals surface area contributed by atoms with Gasteiger partial charge in [-0.15, -0.1) is 0 Å². The van der Waals surface area contributed by atoms with Crippen molar-refractivity contribution in [1.82, 2.24) is 14.4 Å². The van der Waals surface area contributed by atoms with E-state index in [0.29, 0.717) is 55.1 Å². The fourth-order valence-corrected chi connectivity index (χ4v) is 6.08. The van der Waals surface area contributed by atoms with Gasteiger partial charge in [0.15, 0.2) is 5.82 Å². The number of hydrogen-bond donors (Lipinski definition) is 0. The highest BCUT2D eigenvalue weighted by Crippen LogP contribution is 2.42. The van der Waals surface area contributed by atoms with E-state index in [2.05, 4.69) is 10.1 Å². The summed E-state index contributed by atoms with van der Waals surface area (Å²) in [4.78, 5) is 5.09. The summed E-state index contributed by atoms with van der Waals surface area (Å²) in [7, 11) is -1.94. The molecule has 2 aliphatic rings. The summed E-state index contributed by atoms with van der Waals surface area (Å²) in [6, 6.07) is 7.26. The molecule has 1 saturated carbocycles. The minimum absolute atomic E-state index is 0.348. The van der Waals surface area contributed by atoms with Gasteiger partial charge in [-0.2, -0.15) is 9.29 Å². The van der Waals surface area contributed by atoms with E-state index in [1.54, 1.807) is 23.5 Å². The lowest BCUT2D eigenvalue weighted by Gasteiger charge is -2.40. The lowest BCUT2D eigenvalue weighted by Crippen LogP contribution is -2.49. The standard InChI is InChI=1S/C21H29N3O4S/c1-3-16-7-4-5-8-18(16)29(25,26)24-13-6-11-21(15-24,12-14-27-2)20-22-19(28-23-20)17-9-10-17/h4-5,7-8,17H,3,6,9-15H2,1-2H3. The molecule has 1 saturated heterocycles. The van der Waals surface area contributed by atoms with Crippen molar-refractivity contribution >= 4 is 10.0 Å². The average Bonchev–Trinajstić information content (AvgIpc) is 3.48. The first-order valence-corrected chi connectivity index (χ1v) is 11.9. The molecule has 1 aromatic heterocycles. The Balaban J connectivity index is 1.67. The van der Waals surface area contributed by atoms with Crippen LogP contribution in [0.1, 0.15) is 62.2 Å². The Morgan fingerprint density at radius 3 is 2.83 bits per heavy atom. The Bertz CT molecular complexity index is 954. The van der Waals surface area contributed by atoms with Crippen LogP contribution in [-0.4, -0.2) is 49.7 Å². The van der Waals surface area contributed by atoms with Crippen LogP contribution < -0.4 is 0 Å². The number of aryl methyl sites for hydroxylation is 1. The molecule has 29 heavy (non-hydrogen) atoms. The Hall–Kier alpha value is -1.77. The summed E-state index contributed by atoms with van der Waals surface area (Å²) in [5.41, 5.74) is 0.357. The maximum Gasteiger partial charge on any atom is 0.243 e. The number of aromatic nitrogens is 2. The fraction of sp³-hybridized carbons (Fsp3) is 0.619. The first-order valence-electron chi connectivity index (χ1n) is 10.4. The quantitative estimate of drug-likeness (QED) is 0.653. The van der Waals surface area contributed by atoms with Gasteiger partial charge in [0.2, 0.25) is 15.9 Å². The van der Waals surface area contributed by atoms with E-state index in [4.69, 9.17) is 9.26 Å². The van der Waals surface area contributed by atoms with Gasteiger partial charge in [-0.1, -0.05) is 30.3 Å². The van der Waals surface area contributed by atoms with E-state index >= 15 is 0 Å². The summed E-state index contributed by atoms with van der Waals surface area (Å²) in [5, 5.41) is 4.29. The molecule has 7 nitrogen and oxygen atoms in total. The molecule has 1 atom stereocenters. The molecule has 2 aromatic rings. The van der Waals surface area contributed by atoms with Gasteiger partial charge in [-0.25, -0.2) is 8.42 Å². The number of piperidine rings is 1. The van der Waals surface area contributed by atoms with Gasteiger partial charge in [0.1, 0.15) is 0 Å².